The molecule has 0 saturated heterocycles. The first-order valence-corrected chi connectivity index (χ1v) is 8.19. The molecule has 0 aromatic heterocycles. The molecule has 0 saturated carbocycles. The van der Waals surface area contributed by atoms with Crippen LogP contribution in [0.5, 0.6) is 0 Å². The largest absolute Gasteiger partial charge is 0.441 e. The number of hydrogen-bond donors (Lipinski definition) is 1. The Kier molecular flexibility index (Phi) is 5.80. The van der Waals surface area contributed by atoms with E-state index in [9.17, 15) is 4.79 Å². The average molecular weight is 311 g/mol. The van der Waals surface area contributed by atoms with Crippen LogP contribution in [0.15, 0.2) is 54.6 Å². The molecule has 2 rings (SSSR count). The smallest absolute Gasteiger partial charge is 0.412 e. The van der Waals surface area contributed by atoms with E-state index in [1.54, 1.807) is 0 Å². The number of carbonyl (C=O) groups excluding carboxylic acids is 1. The van der Waals surface area contributed by atoms with Crippen LogP contribution < -0.4 is 5.32 Å². The van der Waals surface area contributed by atoms with Gasteiger partial charge in [-0.1, -0.05) is 63.7 Å². The van der Waals surface area contributed by atoms with E-state index in [1.165, 1.54) is 0 Å². The van der Waals surface area contributed by atoms with Gasteiger partial charge in [0.2, 0.25) is 0 Å². The van der Waals surface area contributed by atoms with E-state index in [1.807, 2.05) is 49.4 Å². The van der Waals surface area contributed by atoms with Crippen molar-refractivity contribution < 1.29 is 9.53 Å². The normalized spacial score (nSPS) is 13.3. The van der Waals surface area contributed by atoms with Crippen molar-refractivity contribution in [2.75, 3.05) is 5.32 Å². The van der Waals surface area contributed by atoms with Gasteiger partial charge in [-0.2, -0.15) is 0 Å². The fraction of sp³-hybridized carbons (Fsp3) is 0.350. The van der Waals surface area contributed by atoms with Crippen molar-refractivity contribution in [3.05, 3.63) is 54.6 Å². The van der Waals surface area contributed by atoms with Crippen molar-refractivity contribution in [1.29, 1.82) is 0 Å². The molecule has 2 atom stereocenters. The van der Waals surface area contributed by atoms with Crippen molar-refractivity contribution in [2.24, 2.45) is 5.92 Å². The second-order valence-corrected chi connectivity index (χ2v) is 5.87. The summed E-state index contributed by atoms with van der Waals surface area (Å²) in [5, 5.41) is 4.96. The Morgan fingerprint density at radius 3 is 2.57 bits per heavy atom. The molecule has 0 bridgehead atoms. The van der Waals surface area contributed by atoms with Gasteiger partial charge in [-0.15, -0.1) is 0 Å². The molecule has 0 aliphatic carbocycles. The summed E-state index contributed by atoms with van der Waals surface area (Å²) in [7, 11) is 0. The Morgan fingerprint density at radius 1 is 1.17 bits per heavy atom. The summed E-state index contributed by atoms with van der Waals surface area (Å²) in [5.41, 5.74) is 1.71. The molecule has 0 aliphatic rings. The van der Waals surface area contributed by atoms with Crippen molar-refractivity contribution in [2.45, 2.75) is 39.7 Å². The summed E-state index contributed by atoms with van der Waals surface area (Å²) in [6.45, 7) is 10.2. The number of rotatable bonds is 6. The lowest BCUT2D eigenvalue weighted by molar-refractivity contribution is 0.0962. The maximum Gasteiger partial charge on any atom is 0.412 e. The van der Waals surface area contributed by atoms with Crippen LogP contribution >= 0.6 is 0 Å². The molecule has 0 unspecified atom stereocenters. The van der Waals surface area contributed by atoms with E-state index in [0.29, 0.717) is 0 Å². The maximum atomic E-state index is 12.3. The number of amides is 1. The van der Waals surface area contributed by atoms with Gasteiger partial charge >= 0.3 is 6.09 Å². The van der Waals surface area contributed by atoms with Crippen molar-refractivity contribution >= 4 is 22.6 Å². The molecule has 2 aromatic rings. The Labute approximate surface area is 138 Å². The summed E-state index contributed by atoms with van der Waals surface area (Å²) >= 11 is 0. The molecule has 0 heterocycles. The predicted molar refractivity (Wildman–Crippen MR) is 96.7 cm³/mol. The third-order valence-electron chi connectivity index (χ3n) is 4.28. The lowest BCUT2D eigenvalue weighted by Crippen LogP contribution is -2.29. The molecule has 23 heavy (non-hydrogen) atoms. The Hall–Kier alpha value is -2.29. The first kappa shape index (κ1) is 17.1. The molecule has 0 aliphatic heterocycles. The second-order valence-electron chi connectivity index (χ2n) is 5.87. The van der Waals surface area contributed by atoms with Crippen molar-refractivity contribution in [1.82, 2.24) is 0 Å². The molecular weight excluding hydrogens is 286 g/mol. The predicted octanol–water partition coefficient (Wildman–Crippen LogP) is 5.77. The zero-order valence-electron chi connectivity index (χ0n) is 14.1. The zero-order valence-corrected chi connectivity index (χ0v) is 14.1. The minimum absolute atomic E-state index is 0.250. The fourth-order valence-electron chi connectivity index (χ4n) is 2.61. The highest BCUT2D eigenvalue weighted by atomic mass is 16.6. The van der Waals surface area contributed by atoms with Gasteiger partial charge in [-0.25, -0.2) is 4.79 Å². The first-order valence-electron chi connectivity index (χ1n) is 8.19. The highest BCUT2D eigenvalue weighted by Gasteiger charge is 2.22. The topological polar surface area (TPSA) is 38.3 Å². The van der Waals surface area contributed by atoms with Gasteiger partial charge in [0, 0.05) is 5.39 Å². The van der Waals surface area contributed by atoms with Gasteiger partial charge in [0.25, 0.3) is 0 Å². The molecule has 0 spiro atoms. The third-order valence-corrected chi connectivity index (χ3v) is 4.28. The van der Waals surface area contributed by atoms with Crippen molar-refractivity contribution in [3.8, 4) is 0 Å². The number of anilines is 1. The number of hydrogen-bond acceptors (Lipinski definition) is 2. The number of ether oxygens (including phenoxy) is 1. The summed E-state index contributed by atoms with van der Waals surface area (Å²) in [6, 6.07) is 13.8. The van der Waals surface area contributed by atoms with E-state index >= 15 is 0 Å². The minimum atomic E-state index is -0.429. The van der Waals surface area contributed by atoms with Gasteiger partial charge < -0.3 is 4.74 Å². The zero-order chi connectivity index (χ0) is 16.8. The molecular formula is C20H25NO2. The monoisotopic (exact) mass is 311 g/mol. The SMILES string of the molecule is C=C(CC)[C@@H](OC(=O)Nc1cccc2ccccc12)[C@H](C)CC. The Balaban J connectivity index is 2.15. The fourth-order valence-corrected chi connectivity index (χ4v) is 2.61. The van der Waals surface area contributed by atoms with Crippen LogP contribution in [0.4, 0.5) is 10.5 Å². The average Bonchev–Trinajstić information content (AvgIpc) is 2.58. The van der Waals surface area contributed by atoms with Crippen LogP contribution in [0.2, 0.25) is 0 Å². The lowest BCUT2D eigenvalue weighted by atomic mass is 9.94. The number of nitrogens with one attached hydrogen (secondary N) is 1. The molecule has 1 N–H and O–H groups in total. The van der Waals surface area contributed by atoms with Crippen LogP contribution in [0, 0.1) is 5.92 Å². The number of benzene rings is 2. The van der Waals surface area contributed by atoms with Gasteiger partial charge in [0.05, 0.1) is 5.69 Å². The molecule has 2 aromatic carbocycles. The van der Waals surface area contributed by atoms with Crippen LogP contribution in [0.3, 0.4) is 0 Å². The second kappa shape index (κ2) is 7.82. The quantitative estimate of drug-likeness (QED) is 0.688. The summed E-state index contributed by atoms with van der Waals surface area (Å²) in [4.78, 5) is 12.3. The van der Waals surface area contributed by atoms with E-state index in [-0.39, 0.29) is 12.0 Å². The van der Waals surface area contributed by atoms with Gasteiger partial charge in [0.15, 0.2) is 0 Å². The molecule has 0 radical (unpaired) electrons. The summed E-state index contributed by atoms with van der Waals surface area (Å²) in [6.07, 6.45) is 1.06. The molecule has 122 valence electrons. The van der Waals surface area contributed by atoms with Crippen LogP contribution in [0.25, 0.3) is 10.8 Å². The van der Waals surface area contributed by atoms with E-state index < -0.39 is 6.09 Å². The molecule has 0 fully saturated rings. The van der Waals surface area contributed by atoms with Crippen molar-refractivity contribution in [3.63, 3.8) is 0 Å². The summed E-state index contributed by atoms with van der Waals surface area (Å²) in [5.74, 6) is 0.251. The lowest BCUT2D eigenvalue weighted by Gasteiger charge is -2.25. The molecule has 1 amide bonds. The molecule has 3 heteroatoms. The van der Waals surface area contributed by atoms with Gasteiger partial charge in [-0.05, 0) is 35.8 Å². The third kappa shape index (κ3) is 4.13. The van der Waals surface area contributed by atoms with Crippen LogP contribution in [0.1, 0.15) is 33.6 Å². The summed E-state index contributed by atoms with van der Waals surface area (Å²) < 4.78 is 5.66. The van der Waals surface area contributed by atoms with Crippen LogP contribution in [-0.4, -0.2) is 12.2 Å². The highest BCUT2D eigenvalue weighted by Crippen LogP contribution is 2.25. The first-order chi connectivity index (χ1) is 11.1. The Morgan fingerprint density at radius 2 is 1.87 bits per heavy atom. The molecule has 3 nitrogen and oxygen atoms in total. The van der Waals surface area contributed by atoms with Gasteiger partial charge in [-0.3, -0.25) is 5.32 Å². The number of carbonyl (C=O) groups is 1. The standard InChI is InChI=1S/C20H25NO2/c1-5-14(3)19(15(4)6-2)23-20(22)21-18-13-9-11-16-10-7-8-12-17(16)18/h7-13,15,19H,3,5-6H2,1-2,4H3,(H,21,22)/t15-,19-/m1/s1. The Bertz CT molecular complexity index is 688. The van der Waals surface area contributed by atoms with E-state index in [0.717, 1.165) is 34.9 Å². The minimum Gasteiger partial charge on any atom is -0.441 e. The van der Waals surface area contributed by atoms with E-state index in [2.05, 4.69) is 25.7 Å². The van der Waals surface area contributed by atoms with Crippen LogP contribution in [-0.2, 0) is 4.74 Å². The number of fused-ring (bicyclic) bond motifs is 1. The van der Waals surface area contributed by atoms with Gasteiger partial charge in [0.1, 0.15) is 6.10 Å². The van der Waals surface area contributed by atoms with E-state index in [4.69, 9.17) is 4.74 Å². The highest BCUT2D eigenvalue weighted by molar-refractivity contribution is 6.00. The maximum absolute atomic E-state index is 12.3.